The molecule has 0 aliphatic heterocycles. The van der Waals surface area contributed by atoms with Gasteiger partial charge in [-0.05, 0) is 0 Å². The summed E-state index contributed by atoms with van der Waals surface area (Å²) in [4.78, 5) is 21.1. The van der Waals surface area contributed by atoms with Gasteiger partial charge in [0.25, 0.3) is 0 Å². The van der Waals surface area contributed by atoms with Crippen molar-refractivity contribution in [3.8, 4) is 0 Å². The minimum Gasteiger partial charge on any atom is -0.359 e. The van der Waals surface area contributed by atoms with Crippen molar-refractivity contribution in [1.29, 1.82) is 0 Å². The Bertz CT molecular complexity index is 118. The van der Waals surface area contributed by atoms with E-state index < -0.39 is 0 Å². The molecule has 0 aliphatic carbocycles. The lowest BCUT2D eigenvalue weighted by atomic mass is 10.3. The molecule has 0 spiro atoms. The highest BCUT2D eigenvalue weighted by molar-refractivity contribution is 5.83. The fraction of sp³-hybridized carbons (Fsp3) is 0.667. The van der Waals surface area contributed by atoms with E-state index in [1.807, 2.05) is 0 Å². The molecule has 2 N–H and O–H groups in total. The van der Waals surface area contributed by atoms with Crippen LogP contribution >= 0.6 is 0 Å². The second-order valence-corrected chi connectivity index (χ2v) is 1.85. The topological polar surface area (TPSA) is 58.2 Å². The van der Waals surface area contributed by atoms with Crippen LogP contribution in [0.4, 0.5) is 0 Å². The van der Waals surface area contributed by atoms with Gasteiger partial charge < -0.3 is 10.6 Å². The first kappa shape index (κ1) is 8.94. The Labute approximate surface area is 60.0 Å². The van der Waals surface area contributed by atoms with Crippen LogP contribution in [0.5, 0.6) is 0 Å². The van der Waals surface area contributed by atoms with Crippen LogP contribution in [0.1, 0.15) is 12.8 Å². The minimum absolute atomic E-state index is 0.108. The third-order valence-electron chi connectivity index (χ3n) is 1.14. The van der Waals surface area contributed by atoms with E-state index in [1.54, 1.807) is 14.1 Å². The molecule has 0 radical (unpaired) electrons. The highest BCUT2D eigenvalue weighted by atomic mass is 16.2. The average Bonchev–Trinajstić information content (AvgIpc) is 1.99. The summed E-state index contributed by atoms with van der Waals surface area (Å²) >= 11 is 0. The van der Waals surface area contributed by atoms with E-state index >= 15 is 0 Å². The molecule has 4 nitrogen and oxygen atoms in total. The quantitative estimate of drug-likeness (QED) is 0.548. The zero-order valence-corrected chi connectivity index (χ0v) is 6.23. The molecule has 0 bridgehead atoms. The summed E-state index contributed by atoms with van der Waals surface area (Å²) in [6, 6.07) is 0. The number of nitrogens with one attached hydrogen (secondary N) is 2. The highest BCUT2D eigenvalue weighted by Crippen LogP contribution is 1.86. The highest BCUT2D eigenvalue weighted by Gasteiger charge is 2.01. The van der Waals surface area contributed by atoms with Crippen molar-refractivity contribution >= 4 is 11.8 Å². The number of carbonyl (C=O) groups is 2. The molecule has 0 saturated heterocycles. The third kappa shape index (κ3) is 3.88. The molecule has 10 heavy (non-hydrogen) atoms. The maximum atomic E-state index is 10.5. The van der Waals surface area contributed by atoms with Gasteiger partial charge in [0.2, 0.25) is 11.8 Å². The van der Waals surface area contributed by atoms with Crippen molar-refractivity contribution < 1.29 is 9.59 Å². The van der Waals surface area contributed by atoms with Gasteiger partial charge in [-0.25, -0.2) is 0 Å². The first-order valence-electron chi connectivity index (χ1n) is 3.12. The number of hydrogen-bond donors (Lipinski definition) is 2. The predicted molar refractivity (Wildman–Crippen MR) is 37.4 cm³/mol. The van der Waals surface area contributed by atoms with E-state index in [1.165, 1.54) is 0 Å². The van der Waals surface area contributed by atoms with Gasteiger partial charge in [0.1, 0.15) is 0 Å². The number of hydrogen-bond acceptors (Lipinski definition) is 2. The van der Waals surface area contributed by atoms with Crippen molar-refractivity contribution in [2.45, 2.75) is 12.8 Å². The normalized spacial score (nSPS) is 8.60. The second kappa shape index (κ2) is 4.78. The Hall–Kier alpha value is -1.06. The summed E-state index contributed by atoms with van der Waals surface area (Å²) in [5.41, 5.74) is 0. The molecule has 0 atom stereocenters. The van der Waals surface area contributed by atoms with Crippen molar-refractivity contribution in [2.24, 2.45) is 0 Å². The van der Waals surface area contributed by atoms with Gasteiger partial charge in [-0.2, -0.15) is 0 Å². The smallest absolute Gasteiger partial charge is 0.220 e. The van der Waals surface area contributed by atoms with E-state index in [0.717, 1.165) is 0 Å². The Morgan fingerprint density at radius 3 is 1.50 bits per heavy atom. The molecular weight excluding hydrogens is 132 g/mol. The molecule has 0 saturated carbocycles. The van der Waals surface area contributed by atoms with Crippen molar-refractivity contribution in [3.05, 3.63) is 0 Å². The molecule has 58 valence electrons. The number of carbonyl (C=O) groups excluding carboxylic acids is 2. The van der Waals surface area contributed by atoms with E-state index in [2.05, 4.69) is 10.6 Å². The SMILES string of the molecule is CNC(=O)CCC(=O)NC. The van der Waals surface area contributed by atoms with Crippen LogP contribution in [0.25, 0.3) is 0 Å². The number of rotatable bonds is 3. The van der Waals surface area contributed by atoms with Crippen LogP contribution < -0.4 is 10.6 Å². The first-order chi connectivity index (χ1) is 4.70. The van der Waals surface area contributed by atoms with Gasteiger partial charge >= 0.3 is 0 Å². The standard InChI is InChI=1S/C6H12N2O2/c1-7-5(9)3-4-6(10)8-2/h3-4H2,1-2H3,(H,7,9)(H,8,10). The van der Waals surface area contributed by atoms with Gasteiger partial charge in [0.05, 0.1) is 0 Å². The van der Waals surface area contributed by atoms with E-state index in [0.29, 0.717) is 0 Å². The lowest BCUT2D eigenvalue weighted by Crippen LogP contribution is -2.23. The molecule has 0 fully saturated rings. The summed E-state index contributed by atoms with van der Waals surface area (Å²) < 4.78 is 0. The predicted octanol–water partition coefficient (Wildman–Crippen LogP) is -0.741. The van der Waals surface area contributed by atoms with Crippen LogP contribution in [-0.4, -0.2) is 25.9 Å². The molecule has 0 rings (SSSR count). The fourth-order valence-corrected chi connectivity index (χ4v) is 0.477. The second-order valence-electron chi connectivity index (χ2n) is 1.85. The Kier molecular flexibility index (Phi) is 4.28. The average molecular weight is 144 g/mol. The first-order valence-corrected chi connectivity index (χ1v) is 3.12. The van der Waals surface area contributed by atoms with Crippen LogP contribution in [0, 0.1) is 0 Å². The Balaban J connectivity index is 3.35. The summed E-state index contributed by atoms with van der Waals surface area (Å²) in [6.07, 6.45) is 0.520. The summed E-state index contributed by atoms with van der Waals surface area (Å²) in [5.74, 6) is -0.216. The molecular formula is C6H12N2O2. The van der Waals surface area contributed by atoms with Gasteiger partial charge in [-0.3, -0.25) is 9.59 Å². The van der Waals surface area contributed by atoms with Gasteiger partial charge in [0.15, 0.2) is 0 Å². The van der Waals surface area contributed by atoms with Crippen molar-refractivity contribution in [1.82, 2.24) is 10.6 Å². The molecule has 0 aromatic carbocycles. The lowest BCUT2D eigenvalue weighted by molar-refractivity contribution is -0.125. The van der Waals surface area contributed by atoms with Crippen LogP contribution in [-0.2, 0) is 9.59 Å². The Morgan fingerprint density at radius 2 is 1.30 bits per heavy atom. The van der Waals surface area contributed by atoms with Gasteiger partial charge in [0, 0.05) is 26.9 Å². The van der Waals surface area contributed by atoms with Crippen LogP contribution in [0.2, 0.25) is 0 Å². The largest absolute Gasteiger partial charge is 0.359 e. The Morgan fingerprint density at radius 1 is 1.00 bits per heavy atom. The van der Waals surface area contributed by atoms with Crippen LogP contribution in [0.15, 0.2) is 0 Å². The maximum Gasteiger partial charge on any atom is 0.220 e. The zero-order chi connectivity index (χ0) is 7.98. The molecule has 0 aromatic rings. The molecule has 0 heterocycles. The van der Waals surface area contributed by atoms with Crippen LogP contribution in [0.3, 0.4) is 0 Å². The zero-order valence-electron chi connectivity index (χ0n) is 6.23. The number of amides is 2. The molecule has 2 amide bonds. The van der Waals surface area contributed by atoms with E-state index in [4.69, 9.17) is 0 Å². The third-order valence-corrected chi connectivity index (χ3v) is 1.14. The van der Waals surface area contributed by atoms with Gasteiger partial charge in [-0.15, -0.1) is 0 Å². The lowest BCUT2D eigenvalue weighted by Gasteiger charge is -1.97. The van der Waals surface area contributed by atoms with Crippen molar-refractivity contribution in [2.75, 3.05) is 14.1 Å². The molecule has 4 heteroatoms. The summed E-state index contributed by atoms with van der Waals surface area (Å²) in [6.45, 7) is 0. The minimum atomic E-state index is -0.108. The molecule has 0 aliphatic rings. The van der Waals surface area contributed by atoms with E-state index in [-0.39, 0.29) is 24.7 Å². The summed E-state index contributed by atoms with van der Waals surface area (Å²) in [7, 11) is 3.10. The fourth-order valence-electron chi connectivity index (χ4n) is 0.477. The van der Waals surface area contributed by atoms with Crippen molar-refractivity contribution in [3.63, 3.8) is 0 Å². The monoisotopic (exact) mass is 144 g/mol. The van der Waals surface area contributed by atoms with E-state index in [9.17, 15) is 9.59 Å². The van der Waals surface area contributed by atoms with Gasteiger partial charge in [-0.1, -0.05) is 0 Å². The maximum absolute atomic E-state index is 10.5. The summed E-state index contributed by atoms with van der Waals surface area (Å²) in [5, 5.41) is 4.85. The molecule has 0 aromatic heterocycles. The molecule has 0 unspecified atom stereocenters.